The third kappa shape index (κ3) is 4.62. The van der Waals surface area contributed by atoms with E-state index >= 15 is 0 Å². The molecule has 8 heteroatoms. The topological polar surface area (TPSA) is 70.1 Å². The van der Waals surface area contributed by atoms with Gasteiger partial charge in [0.05, 0.1) is 24.4 Å². The third-order valence-corrected chi connectivity index (χ3v) is 6.95. The zero-order valence-electron chi connectivity index (χ0n) is 22.0. The van der Waals surface area contributed by atoms with E-state index < -0.39 is 35.1 Å². The maximum Gasteiger partial charge on any atom is 0.300 e. The summed E-state index contributed by atoms with van der Waals surface area (Å²) in [7, 11) is 1.53. The van der Waals surface area contributed by atoms with Crippen LogP contribution in [0.1, 0.15) is 42.1 Å². The van der Waals surface area contributed by atoms with Crippen molar-refractivity contribution in [2.24, 2.45) is 0 Å². The van der Waals surface area contributed by atoms with Crippen LogP contribution in [0.15, 0.2) is 60.2 Å². The van der Waals surface area contributed by atoms with E-state index in [4.69, 9.17) is 4.74 Å². The van der Waals surface area contributed by atoms with Gasteiger partial charge in [-0.15, -0.1) is 0 Å². The Morgan fingerprint density at radius 2 is 1.63 bits per heavy atom. The van der Waals surface area contributed by atoms with E-state index in [1.807, 2.05) is 26.0 Å². The average molecular weight is 521 g/mol. The molecule has 1 heterocycles. The third-order valence-electron chi connectivity index (χ3n) is 6.95. The first kappa shape index (κ1) is 26.9. The van der Waals surface area contributed by atoms with Crippen LogP contribution in [0.5, 0.6) is 5.75 Å². The fourth-order valence-electron chi connectivity index (χ4n) is 4.93. The molecule has 1 fully saturated rings. The number of aryl methyl sites for hydroxylation is 2. The number of halogens is 2. The Bertz CT molecular complexity index is 1430. The molecular formula is C30H30F2N2O4. The lowest BCUT2D eigenvalue weighted by molar-refractivity contribution is -0.132. The molecule has 3 aromatic rings. The van der Waals surface area contributed by atoms with Crippen LogP contribution in [-0.4, -0.2) is 37.0 Å². The number of ether oxygens (including phenoxy) is 1. The number of hydrogen-bond acceptors (Lipinski definition) is 5. The van der Waals surface area contributed by atoms with Gasteiger partial charge in [-0.2, -0.15) is 0 Å². The molecule has 0 spiro atoms. The Morgan fingerprint density at radius 1 is 0.974 bits per heavy atom. The van der Waals surface area contributed by atoms with Crippen molar-refractivity contribution < 1.29 is 28.2 Å². The molecule has 6 nitrogen and oxygen atoms in total. The van der Waals surface area contributed by atoms with Crippen molar-refractivity contribution in [3.05, 3.63) is 94.1 Å². The van der Waals surface area contributed by atoms with Crippen molar-refractivity contribution in [3.63, 3.8) is 0 Å². The summed E-state index contributed by atoms with van der Waals surface area (Å²) in [6.07, 6.45) is 0. The number of nitrogens with zero attached hydrogens (tertiary/aromatic N) is 2. The van der Waals surface area contributed by atoms with Gasteiger partial charge in [0.2, 0.25) is 0 Å². The van der Waals surface area contributed by atoms with Gasteiger partial charge < -0.3 is 14.7 Å². The van der Waals surface area contributed by atoms with Gasteiger partial charge in [0.1, 0.15) is 23.1 Å². The summed E-state index contributed by atoms with van der Waals surface area (Å²) in [5, 5.41) is 11.5. The maximum absolute atomic E-state index is 15.0. The first-order chi connectivity index (χ1) is 18.1. The van der Waals surface area contributed by atoms with E-state index in [0.717, 1.165) is 41.9 Å². The Labute approximate surface area is 220 Å². The molecule has 0 radical (unpaired) electrons. The number of carbonyl (C=O) groups excluding carboxylic acids is 2. The Kier molecular flexibility index (Phi) is 7.53. The van der Waals surface area contributed by atoms with Crippen molar-refractivity contribution >= 4 is 28.8 Å². The quantitative estimate of drug-likeness (QED) is 0.233. The Hall–Kier alpha value is -4.20. The molecule has 1 amide bonds. The fraction of sp³-hybridized carbons (Fsp3) is 0.267. The van der Waals surface area contributed by atoms with E-state index in [0.29, 0.717) is 28.0 Å². The summed E-state index contributed by atoms with van der Waals surface area (Å²) in [6, 6.07) is 12.1. The second-order valence-electron chi connectivity index (χ2n) is 9.17. The van der Waals surface area contributed by atoms with Crippen LogP contribution in [0.4, 0.5) is 20.2 Å². The highest BCUT2D eigenvalue weighted by Crippen LogP contribution is 2.44. The van der Waals surface area contributed by atoms with E-state index in [-0.39, 0.29) is 11.3 Å². The van der Waals surface area contributed by atoms with Crippen LogP contribution in [0.2, 0.25) is 0 Å². The van der Waals surface area contributed by atoms with Crippen LogP contribution in [0.25, 0.3) is 5.76 Å². The molecule has 38 heavy (non-hydrogen) atoms. The average Bonchev–Trinajstić information content (AvgIpc) is 3.17. The SMILES string of the molecule is CCN(CC)c1ccc(C2/C(=C(\O)c3cc(C)c(OC)cc3C)C(=O)C(=O)N2c2cc(F)ccc2F)cc1. The van der Waals surface area contributed by atoms with Crippen LogP contribution in [-0.2, 0) is 9.59 Å². The minimum absolute atomic E-state index is 0.207. The van der Waals surface area contributed by atoms with Crippen LogP contribution in [0.3, 0.4) is 0 Å². The molecule has 1 aliphatic heterocycles. The molecule has 0 aliphatic carbocycles. The van der Waals surface area contributed by atoms with Crippen LogP contribution < -0.4 is 14.5 Å². The molecule has 0 saturated carbocycles. The normalized spacial score (nSPS) is 16.7. The summed E-state index contributed by atoms with van der Waals surface area (Å²) in [5.41, 5.74) is 2.47. The fourth-order valence-corrected chi connectivity index (χ4v) is 4.93. The number of methoxy groups -OCH3 is 1. The molecule has 1 atom stereocenters. The molecule has 198 valence electrons. The second kappa shape index (κ2) is 10.7. The molecule has 1 aliphatic rings. The van der Waals surface area contributed by atoms with Gasteiger partial charge in [0.15, 0.2) is 0 Å². The van der Waals surface area contributed by atoms with Gasteiger partial charge in [-0.25, -0.2) is 8.78 Å². The first-order valence-electron chi connectivity index (χ1n) is 12.4. The summed E-state index contributed by atoms with van der Waals surface area (Å²) in [4.78, 5) is 29.8. The highest BCUT2D eigenvalue weighted by Gasteiger charge is 2.48. The number of hydrogen-bond donors (Lipinski definition) is 1. The number of aliphatic hydroxyl groups is 1. The zero-order chi connectivity index (χ0) is 27.7. The van der Waals surface area contributed by atoms with Crippen LogP contribution in [0, 0.1) is 25.5 Å². The largest absolute Gasteiger partial charge is 0.507 e. The van der Waals surface area contributed by atoms with Crippen molar-refractivity contribution in [1.82, 2.24) is 0 Å². The molecule has 0 aromatic heterocycles. The lowest BCUT2D eigenvalue weighted by Crippen LogP contribution is -2.30. The van der Waals surface area contributed by atoms with Gasteiger partial charge in [-0.05, 0) is 80.8 Å². The monoisotopic (exact) mass is 520 g/mol. The number of carbonyl (C=O) groups is 2. The lowest BCUT2D eigenvalue weighted by Gasteiger charge is -2.27. The minimum atomic E-state index is -1.18. The molecule has 1 unspecified atom stereocenters. The standard InChI is InChI=1S/C30H30F2N2O4/c1-6-33(7-2)21-11-8-19(9-12-21)27-26(28(35)22-14-18(4)25(38-5)15-17(22)3)29(36)30(37)34(27)24-16-20(31)10-13-23(24)32/h8-16,27,35H,6-7H2,1-5H3/b28-26+. The van der Waals surface area contributed by atoms with Gasteiger partial charge >= 0.3 is 0 Å². The van der Waals surface area contributed by atoms with E-state index in [1.165, 1.54) is 7.11 Å². The predicted octanol–water partition coefficient (Wildman–Crippen LogP) is 6.06. The number of aliphatic hydroxyl groups excluding tert-OH is 1. The van der Waals surface area contributed by atoms with Gasteiger partial charge in [0, 0.05) is 30.4 Å². The molecule has 0 bridgehead atoms. The molecule has 4 rings (SSSR count). The van der Waals surface area contributed by atoms with Crippen molar-refractivity contribution in [2.45, 2.75) is 33.7 Å². The Balaban J connectivity index is 1.97. The number of anilines is 2. The Morgan fingerprint density at radius 3 is 2.24 bits per heavy atom. The minimum Gasteiger partial charge on any atom is -0.507 e. The zero-order valence-corrected chi connectivity index (χ0v) is 22.0. The summed E-state index contributed by atoms with van der Waals surface area (Å²) < 4.78 is 34.5. The molecular weight excluding hydrogens is 490 g/mol. The summed E-state index contributed by atoms with van der Waals surface area (Å²) in [5.74, 6) is -3.47. The van der Waals surface area contributed by atoms with Crippen molar-refractivity contribution in [2.75, 3.05) is 30.0 Å². The van der Waals surface area contributed by atoms with E-state index in [1.54, 1.807) is 38.1 Å². The van der Waals surface area contributed by atoms with Crippen LogP contribution >= 0.6 is 0 Å². The number of benzene rings is 3. The predicted molar refractivity (Wildman–Crippen MR) is 144 cm³/mol. The van der Waals surface area contributed by atoms with Crippen molar-refractivity contribution in [1.29, 1.82) is 0 Å². The number of amides is 1. The van der Waals surface area contributed by atoms with E-state index in [2.05, 4.69) is 4.90 Å². The lowest BCUT2D eigenvalue weighted by atomic mass is 9.92. The number of Topliss-reactive ketones (excluding diaryl/α,β-unsaturated/α-hetero) is 1. The highest BCUT2D eigenvalue weighted by atomic mass is 19.1. The van der Waals surface area contributed by atoms with Gasteiger partial charge in [-0.1, -0.05) is 12.1 Å². The smallest absolute Gasteiger partial charge is 0.300 e. The van der Waals surface area contributed by atoms with Crippen molar-refractivity contribution in [3.8, 4) is 5.75 Å². The second-order valence-corrected chi connectivity index (χ2v) is 9.17. The summed E-state index contributed by atoms with van der Waals surface area (Å²) >= 11 is 0. The van der Waals surface area contributed by atoms with E-state index in [9.17, 15) is 23.5 Å². The first-order valence-corrected chi connectivity index (χ1v) is 12.4. The molecule has 1 saturated heterocycles. The molecule has 3 aromatic carbocycles. The summed E-state index contributed by atoms with van der Waals surface area (Å²) in [6.45, 7) is 9.14. The number of rotatable bonds is 7. The molecule has 1 N–H and O–H groups in total. The van der Waals surface area contributed by atoms with Gasteiger partial charge in [0.25, 0.3) is 11.7 Å². The number of ketones is 1. The highest BCUT2D eigenvalue weighted by molar-refractivity contribution is 6.51. The van der Waals surface area contributed by atoms with Gasteiger partial charge in [-0.3, -0.25) is 14.5 Å². The maximum atomic E-state index is 15.0.